The number of aryl methyl sites for hydroxylation is 1. The summed E-state index contributed by atoms with van der Waals surface area (Å²) in [5.74, 6) is 0.254. The van der Waals surface area contributed by atoms with Crippen LogP contribution in [0.5, 0.6) is 0 Å². The molecular formula is C21H23N3O3S. The Labute approximate surface area is 164 Å². The van der Waals surface area contributed by atoms with Gasteiger partial charge in [0.15, 0.2) is 0 Å². The van der Waals surface area contributed by atoms with E-state index in [0.717, 1.165) is 18.4 Å². The summed E-state index contributed by atoms with van der Waals surface area (Å²) in [6, 6.07) is 14.3. The van der Waals surface area contributed by atoms with Gasteiger partial charge in [-0.25, -0.2) is 13.4 Å². The van der Waals surface area contributed by atoms with Crippen LogP contribution in [-0.4, -0.2) is 35.4 Å². The molecule has 0 bridgehead atoms. The number of fused-ring (bicyclic) bond motifs is 1. The number of piperidine rings is 1. The molecule has 3 aromatic rings. The lowest BCUT2D eigenvalue weighted by Gasteiger charge is -2.31. The molecule has 2 heterocycles. The van der Waals surface area contributed by atoms with Crippen molar-refractivity contribution < 1.29 is 8.42 Å². The standard InChI is InChI=1S/C21H23N3O3S/c1-16-5-4-6-18(13-16)28(26,27)24-11-9-17(10-12-24)14-23-15-22-20-8-3-2-7-19(20)21(23)25/h2-8,13,15,17H,9-12,14H2,1H3. The average molecular weight is 398 g/mol. The monoisotopic (exact) mass is 397 g/mol. The van der Waals surface area contributed by atoms with Crippen molar-refractivity contribution in [2.45, 2.75) is 31.2 Å². The second-order valence-corrected chi connectivity index (χ2v) is 9.32. The Morgan fingerprint density at radius 3 is 2.57 bits per heavy atom. The van der Waals surface area contributed by atoms with Gasteiger partial charge in [0.05, 0.1) is 22.1 Å². The molecule has 0 aliphatic carbocycles. The van der Waals surface area contributed by atoms with Crippen LogP contribution in [0.2, 0.25) is 0 Å². The van der Waals surface area contributed by atoms with E-state index in [9.17, 15) is 13.2 Å². The van der Waals surface area contributed by atoms with Gasteiger partial charge in [0.1, 0.15) is 0 Å². The van der Waals surface area contributed by atoms with E-state index in [-0.39, 0.29) is 11.5 Å². The molecule has 1 fully saturated rings. The summed E-state index contributed by atoms with van der Waals surface area (Å²) >= 11 is 0. The summed E-state index contributed by atoms with van der Waals surface area (Å²) in [5, 5.41) is 0.615. The van der Waals surface area contributed by atoms with Crippen molar-refractivity contribution in [2.75, 3.05) is 13.1 Å². The van der Waals surface area contributed by atoms with Crippen molar-refractivity contribution in [1.82, 2.24) is 13.9 Å². The fraction of sp³-hybridized carbons (Fsp3) is 0.333. The van der Waals surface area contributed by atoms with Crippen molar-refractivity contribution >= 4 is 20.9 Å². The molecule has 1 aromatic heterocycles. The molecule has 0 radical (unpaired) electrons. The maximum absolute atomic E-state index is 12.9. The molecule has 0 spiro atoms. The highest BCUT2D eigenvalue weighted by Gasteiger charge is 2.29. The lowest BCUT2D eigenvalue weighted by Crippen LogP contribution is -2.40. The van der Waals surface area contributed by atoms with E-state index in [1.807, 2.05) is 31.2 Å². The van der Waals surface area contributed by atoms with E-state index < -0.39 is 10.0 Å². The van der Waals surface area contributed by atoms with Gasteiger partial charge >= 0.3 is 0 Å². The fourth-order valence-corrected chi connectivity index (χ4v) is 5.35. The summed E-state index contributed by atoms with van der Waals surface area (Å²) in [4.78, 5) is 17.4. The molecule has 0 saturated carbocycles. The van der Waals surface area contributed by atoms with E-state index in [1.54, 1.807) is 39.5 Å². The Morgan fingerprint density at radius 1 is 1.07 bits per heavy atom. The fourth-order valence-electron chi connectivity index (χ4n) is 3.77. The van der Waals surface area contributed by atoms with Gasteiger partial charge in [0.25, 0.3) is 5.56 Å². The summed E-state index contributed by atoms with van der Waals surface area (Å²) in [7, 11) is -3.47. The van der Waals surface area contributed by atoms with Crippen LogP contribution in [0.3, 0.4) is 0 Å². The summed E-state index contributed by atoms with van der Waals surface area (Å²) in [6.07, 6.45) is 3.05. The maximum Gasteiger partial charge on any atom is 0.261 e. The van der Waals surface area contributed by atoms with E-state index >= 15 is 0 Å². The number of nitrogens with zero attached hydrogens (tertiary/aromatic N) is 3. The van der Waals surface area contributed by atoms with Crippen LogP contribution in [-0.2, 0) is 16.6 Å². The Kier molecular flexibility index (Phi) is 5.03. The minimum atomic E-state index is -3.47. The molecule has 1 saturated heterocycles. The topological polar surface area (TPSA) is 72.3 Å². The van der Waals surface area contributed by atoms with Crippen molar-refractivity contribution in [3.05, 3.63) is 70.8 Å². The molecule has 0 amide bonds. The first-order valence-electron chi connectivity index (χ1n) is 9.46. The van der Waals surface area contributed by atoms with Gasteiger partial charge in [0, 0.05) is 19.6 Å². The molecule has 4 rings (SSSR count). The minimum Gasteiger partial charge on any atom is -0.298 e. The number of aromatic nitrogens is 2. The van der Waals surface area contributed by atoms with Gasteiger partial charge in [-0.05, 0) is 55.5 Å². The number of para-hydroxylation sites is 1. The number of rotatable bonds is 4. The molecule has 7 heteroatoms. The molecular weight excluding hydrogens is 374 g/mol. The number of benzene rings is 2. The van der Waals surface area contributed by atoms with Crippen molar-refractivity contribution in [3.8, 4) is 0 Å². The molecule has 0 atom stereocenters. The van der Waals surface area contributed by atoms with Gasteiger partial charge in [-0.3, -0.25) is 9.36 Å². The first-order chi connectivity index (χ1) is 13.4. The Balaban J connectivity index is 1.46. The van der Waals surface area contributed by atoms with Crippen molar-refractivity contribution in [3.63, 3.8) is 0 Å². The molecule has 28 heavy (non-hydrogen) atoms. The quantitative estimate of drug-likeness (QED) is 0.679. The largest absolute Gasteiger partial charge is 0.298 e. The number of hydrogen-bond donors (Lipinski definition) is 0. The van der Waals surface area contributed by atoms with Gasteiger partial charge < -0.3 is 0 Å². The highest BCUT2D eigenvalue weighted by molar-refractivity contribution is 7.89. The predicted molar refractivity (Wildman–Crippen MR) is 109 cm³/mol. The smallest absolute Gasteiger partial charge is 0.261 e. The van der Waals surface area contributed by atoms with Crippen LogP contribution in [0.4, 0.5) is 0 Å². The summed E-state index contributed by atoms with van der Waals surface area (Å²) in [5.41, 5.74) is 1.59. The van der Waals surface area contributed by atoms with Crippen LogP contribution < -0.4 is 5.56 Å². The predicted octanol–water partition coefficient (Wildman–Crippen LogP) is 2.81. The van der Waals surface area contributed by atoms with Gasteiger partial charge in [-0.15, -0.1) is 0 Å². The maximum atomic E-state index is 12.9. The molecule has 0 N–H and O–H groups in total. The molecule has 0 unspecified atom stereocenters. The van der Waals surface area contributed by atoms with Crippen LogP contribution in [0, 0.1) is 12.8 Å². The van der Waals surface area contributed by atoms with E-state index in [0.29, 0.717) is 35.4 Å². The molecule has 146 valence electrons. The summed E-state index contributed by atoms with van der Waals surface area (Å²) < 4.78 is 28.9. The first-order valence-corrected chi connectivity index (χ1v) is 10.9. The third-order valence-corrected chi connectivity index (χ3v) is 7.28. The SMILES string of the molecule is Cc1cccc(S(=O)(=O)N2CCC(Cn3cnc4ccccc4c3=O)CC2)c1. The third-order valence-electron chi connectivity index (χ3n) is 5.39. The Bertz CT molecular complexity index is 1160. The van der Waals surface area contributed by atoms with Crippen LogP contribution in [0.1, 0.15) is 18.4 Å². The van der Waals surface area contributed by atoms with Crippen LogP contribution in [0.15, 0.2) is 64.5 Å². The zero-order valence-electron chi connectivity index (χ0n) is 15.8. The minimum absolute atomic E-state index is 0.0413. The second-order valence-electron chi connectivity index (χ2n) is 7.38. The Morgan fingerprint density at radius 2 is 1.82 bits per heavy atom. The zero-order chi connectivity index (χ0) is 19.7. The van der Waals surface area contributed by atoms with E-state index in [2.05, 4.69) is 4.98 Å². The second kappa shape index (κ2) is 7.48. The molecule has 6 nitrogen and oxygen atoms in total. The lowest BCUT2D eigenvalue weighted by atomic mass is 9.98. The van der Waals surface area contributed by atoms with E-state index in [4.69, 9.17) is 0 Å². The lowest BCUT2D eigenvalue weighted by molar-refractivity contribution is 0.251. The van der Waals surface area contributed by atoms with Crippen LogP contribution >= 0.6 is 0 Å². The zero-order valence-corrected chi connectivity index (χ0v) is 16.6. The number of hydrogen-bond acceptors (Lipinski definition) is 4. The van der Waals surface area contributed by atoms with Crippen molar-refractivity contribution in [1.29, 1.82) is 0 Å². The molecule has 1 aliphatic heterocycles. The van der Waals surface area contributed by atoms with Gasteiger partial charge in [-0.2, -0.15) is 4.31 Å². The summed E-state index contributed by atoms with van der Waals surface area (Å²) in [6.45, 7) is 3.39. The molecule has 1 aliphatic rings. The van der Waals surface area contributed by atoms with Crippen LogP contribution in [0.25, 0.3) is 10.9 Å². The normalized spacial score (nSPS) is 16.5. The highest BCUT2D eigenvalue weighted by atomic mass is 32.2. The number of sulfonamides is 1. The average Bonchev–Trinajstić information content (AvgIpc) is 2.71. The molecule has 2 aromatic carbocycles. The first kappa shape index (κ1) is 18.8. The third kappa shape index (κ3) is 3.59. The van der Waals surface area contributed by atoms with Gasteiger partial charge in [0.2, 0.25) is 10.0 Å². The highest BCUT2D eigenvalue weighted by Crippen LogP contribution is 2.25. The van der Waals surface area contributed by atoms with Gasteiger partial charge in [-0.1, -0.05) is 24.3 Å². The van der Waals surface area contributed by atoms with Crippen molar-refractivity contribution in [2.24, 2.45) is 5.92 Å². The van der Waals surface area contributed by atoms with E-state index in [1.165, 1.54) is 0 Å². The Hall–Kier alpha value is -2.51.